The molecule has 0 bridgehead atoms. The molecule has 138 valence electrons. The lowest BCUT2D eigenvalue weighted by atomic mass is 9.91. The van der Waals surface area contributed by atoms with E-state index in [1.807, 2.05) is 38.1 Å². The molecule has 0 fully saturated rings. The van der Waals surface area contributed by atoms with Crippen LogP contribution in [0.1, 0.15) is 61.8 Å². The van der Waals surface area contributed by atoms with Gasteiger partial charge in [-0.1, -0.05) is 44.2 Å². The van der Waals surface area contributed by atoms with Gasteiger partial charge in [0.25, 0.3) is 5.91 Å². The van der Waals surface area contributed by atoms with Gasteiger partial charge in [-0.25, -0.2) is 0 Å². The van der Waals surface area contributed by atoms with E-state index in [0.29, 0.717) is 5.92 Å². The average Bonchev–Trinajstić information content (AvgIpc) is 2.63. The quantitative estimate of drug-likeness (QED) is 0.783. The first-order chi connectivity index (χ1) is 12.5. The van der Waals surface area contributed by atoms with E-state index in [-0.39, 0.29) is 5.91 Å². The van der Waals surface area contributed by atoms with Gasteiger partial charge >= 0.3 is 0 Å². The van der Waals surface area contributed by atoms with Crippen LogP contribution < -0.4 is 10.1 Å². The topological polar surface area (TPSA) is 38.3 Å². The van der Waals surface area contributed by atoms with Crippen LogP contribution in [0.25, 0.3) is 0 Å². The van der Waals surface area contributed by atoms with Gasteiger partial charge in [0.05, 0.1) is 0 Å². The molecule has 1 amide bonds. The van der Waals surface area contributed by atoms with E-state index in [9.17, 15) is 4.79 Å². The number of anilines is 1. The van der Waals surface area contributed by atoms with Gasteiger partial charge in [0.2, 0.25) is 0 Å². The van der Waals surface area contributed by atoms with Crippen LogP contribution in [0.5, 0.6) is 5.75 Å². The molecule has 0 spiro atoms. The van der Waals surface area contributed by atoms with Crippen molar-refractivity contribution in [3.8, 4) is 5.75 Å². The fourth-order valence-electron chi connectivity index (χ4n) is 3.67. The molecule has 1 aliphatic carbocycles. The van der Waals surface area contributed by atoms with Crippen molar-refractivity contribution >= 4 is 11.6 Å². The van der Waals surface area contributed by atoms with Gasteiger partial charge in [0.1, 0.15) is 5.75 Å². The van der Waals surface area contributed by atoms with E-state index in [0.717, 1.165) is 35.4 Å². The second-order valence-corrected chi connectivity index (χ2v) is 7.54. The van der Waals surface area contributed by atoms with Gasteiger partial charge in [0, 0.05) is 5.69 Å². The van der Waals surface area contributed by atoms with Crippen molar-refractivity contribution in [2.24, 2.45) is 0 Å². The molecule has 0 aromatic heterocycles. The van der Waals surface area contributed by atoms with Gasteiger partial charge in [-0.05, 0) is 73.8 Å². The van der Waals surface area contributed by atoms with Crippen LogP contribution in [0.2, 0.25) is 0 Å². The molecular formula is C23H29NO2. The molecule has 3 heteroatoms. The summed E-state index contributed by atoms with van der Waals surface area (Å²) in [6, 6.07) is 12.3. The SMILES string of the molecule is Cc1cccc(C(C)C)c1NC(=O)C(C)Oc1cccc2c1CCCC2. The summed E-state index contributed by atoms with van der Waals surface area (Å²) in [5.41, 5.74) is 5.79. The maximum Gasteiger partial charge on any atom is 0.265 e. The Labute approximate surface area is 156 Å². The average molecular weight is 351 g/mol. The number of benzene rings is 2. The van der Waals surface area contributed by atoms with Crippen LogP contribution in [0.15, 0.2) is 36.4 Å². The summed E-state index contributed by atoms with van der Waals surface area (Å²) in [6.07, 6.45) is 4.03. The number of nitrogens with one attached hydrogen (secondary N) is 1. The third-order valence-electron chi connectivity index (χ3n) is 5.20. The summed E-state index contributed by atoms with van der Waals surface area (Å²) in [7, 11) is 0. The van der Waals surface area contributed by atoms with Crippen LogP contribution in [0.4, 0.5) is 5.69 Å². The standard InChI is InChI=1S/C23H29NO2/c1-15(2)19-13-7-9-16(3)22(19)24-23(25)17(4)26-21-14-8-11-18-10-5-6-12-20(18)21/h7-9,11,13-15,17H,5-6,10,12H2,1-4H3,(H,24,25). The second-order valence-electron chi connectivity index (χ2n) is 7.54. The summed E-state index contributed by atoms with van der Waals surface area (Å²) in [5.74, 6) is 1.11. The molecule has 1 unspecified atom stereocenters. The Kier molecular flexibility index (Phi) is 5.65. The molecule has 1 N–H and O–H groups in total. The van der Waals surface area contributed by atoms with Gasteiger partial charge in [0.15, 0.2) is 6.10 Å². The molecule has 1 aliphatic rings. The van der Waals surface area contributed by atoms with Crippen molar-refractivity contribution in [3.63, 3.8) is 0 Å². The van der Waals surface area contributed by atoms with Crippen molar-refractivity contribution in [2.75, 3.05) is 5.32 Å². The van der Waals surface area contributed by atoms with Crippen LogP contribution in [-0.2, 0) is 17.6 Å². The Morgan fingerprint density at radius 3 is 2.54 bits per heavy atom. The first-order valence-corrected chi connectivity index (χ1v) is 9.65. The fourth-order valence-corrected chi connectivity index (χ4v) is 3.67. The van der Waals surface area contributed by atoms with Crippen molar-refractivity contribution in [1.82, 2.24) is 0 Å². The van der Waals surface area contributed by atoms with E-state index in [1.165, 1.54) is 24.0 Å². The predicted octanol–water partition coefficient (Wildman–Crippen LogP) is 5.40. The molecule has 3 rings (SSSR count). The van der Waals surface area contributed by atoms with E-state index >= 15 is 0 Å². The number of amides is 1. The van der Waals surface area contributed by atoms with Gasteiger partial charge < -0.3 is 10.1 Å². The predicted molar refractivity (Wildman–Crippen MR) is 107 cm³/mol. The fraction of sp³-hybridized carbons (Fsp3) is 0.435. The van der Waals surface area contributed by atoms with Crippen molar-refractivity contribution < 1.29 is 9.53 Å². The minimum absolute atomic E-state index is 0.102. The van der Waals surface area contributed by atoms with Crippen molar-refractivity contribution in [1.29, 1.82) is 0 Å². The number of hydrogen-bond donors (Lipinski definition) is 1. The Bertz CT molecular complexity index is 795. The zero-order valence-corrected chi connectivity index (χ0v) is 16.3. The number of hydrogen-bond acceptors (Lipinski definition) is 2. The summed E-state index contributed by atoms with van der Waals surface area (Å²) in [4.78, 5) is 12.8. The second kappa shape index (κ2) is 7.94. The number of fused-ring (bicyclic) bond motifs is 1. The molecule has 1 atom stereocenters. The Morgan fingerprint density at radius 1 is 1.04 bits per heavy atom. The lowest BCUT2D eigenvalue weighted by Crippen LogP contribution is -2.31. The Morgan fingerprint density at radius 2 is 1.77 bits per heavy atom. The molecule has 2 aromatic carbocycles. The highest BCUT2D eigenvalue weighted by Gasteiger charge is 2.21. The number of para-hydroxylation sites is 1. The molecule has 26 heavy (non-hydrogen) atoms. The summed E-state index contributed by atoms with van der Waals surface area (Å²) >= 11 is 0. The molecule has 0 heterocycles. The van der Waals surface area contributed by atoms with Gasteiger partial charge in [-0.2, -0.15) is 0 Å². The summed E-state index contributed by atoms with van der Waals surface area (Å²) in [5, 5.41) is 3.10. The monoisotopic (exact) mass is 351 g/mol. The van der Waals surface area contributed by atoms with Gasteiger partial charge in [-0.3, -0.25) is 4.79 Å². The van der Waals surface area contributed by atoms with E-state index in [1.54, 1.807) is 0 Å². The summed E-state index contributed by atoms with van der Waals surface area (Å²) < 4.78 is 6.07. The number of ether oxygens (including phenoxy) is 1. The molecule has 0 radical (unpaired) electrons. The van der Waals surface area contributed by atoms with Crippen molar-refractivity contribution in [2.45, 2.75) is 65.4 Å². The maximum atomic E-state index is 12.8. The third kappa shape index (κ3) is 3.92. The van der Waals surface area contributed by atoms with Crippen LogP contribution >= 0.6 is 0 Å². The minimum atomic E-state index is -0.539. The first kappa shape index (κ1) is 18.5. The molecule has 3 nitrogen and oxygen atoms in total. The largest absolute Gasteiger partial charge is 0.481 e. The third-order valence-corrected chi connectivity index (χ3v) is 5.20. The minimum Gasteiger partial charge on any atom is -0.481 e. The highest BCUT2D eigenvalue weighted by molar-refractivity contribution is 5.95. The van der Waals surface area contributed by atoms with E-state index in [2.05, 4.69) is 31.3 Å². The normalized spacial score (nSPS) is 14.7. The van der Waals surface area contributed by atoms with Crippen molar-refractivity contribution in [3.05, 3.63) is 58.7 Å². The smallest absolute Gasteiger partial charge is 0.265 e. The molecular weight excluding hydrogens is 322 g/mol. The number of aryl methyl sites for hydroxylation is 2. The summed E-state index contributed by atoms with van der Waals surface area (Å²) in [6.45, 7) is 8.13. The number of rotatable bonds is 5. The zero-order chi connectivity index (χ0) is 18.7. The van der Waals surface area contributed by atoms with E-state index < -0.39 is 6.10 Å². The van der Waals surface area contributed by atoms with Crippen LogP contribution in [-0.4, -0.2) is 12.0 Å². The zero-order valence-electron chi connectivity index (χ0n) is 16.3. The Balaban J connectivity index is 1.76. The van der Waals surface area contributed by atoms with Crippen LogP contribution in [0, 0.1) is 6.92 Å². The van der Waals surface area contributed by atoms with Gasteiger partial charge in [-0.15, -0.1) is 0 Å². The van der Waals surface area contributed by atoms with E-state index in [4.69, 9.17) is 4.74 Å². The first-order valence-electron chi connectivity index (χ1n) is 9.65. The molecule has 0 saturated carbocycles. The lowest BCUT2D eigenvalue weighted by molar-refractivity contribution is -0.122. The number of carbonyl (C=O) groups excluding carboxylic acids is 1. The number of carbonyl (C=O) groups is 1. The molecule has 2 aromatic rings. The maximum absolute atomic E-state index is 12.8. The molecule has 0 saturated heterocycles. The Hall–Kier alpha value is -2.29. The molecule has 0 aliphatic heterocycles. The highest BCUT2D eigenvalue weighted by Crippen LogP contribution is 2.31. The lowest BCUT2D eigenvalue weighted by Gasteiger charge is -2.23. The van der Waals surface area contributed by atoms with Crippen LogP contribution in [0.3, 0.4) is 0 Å². The highest BCUT2D eigenvalue weighted by atomic mass is 16.5.